The number of nitrogens with zero attached hydrogens (tertiary/aromatic N) is 3. The highest BCUT2D eigenvalue weighted by atomic mass is 79.9. The molecule has 0 aliphatic heterocycles. The molecule has 0 saturated carbocycles. The first kappa shape index (κ1) is 12.8. The smallest absolute Gasteiger partial charge is 0.223 e. The van der Waals surface area contributed by atoms with Crippen molar-refractivity contribution in [1.29, 1.82) is 0 Å². The fourth-order valence-electron chi connectivity index (χ4n) is 1.73. The Labute approximate surface area is 124 Å². The SMILES string of the molecule is Cc1nc(-c2ccc(Nc3ncccc3Br)cc2)no1. The maximum atomic E-state index is 4.97. The molecule has 1 N–H and O–H groups in total. The number of pyridine rings is 1. The third-order valence-electron chi connectivity index (χ3n) is 2.69. The van der Waals surface area contributed by atoms with E-state index in [1.807, 2.05) is 36.4 Å². The minimum Gasteiger partial charge on any atom is -0.339 e. The molecule has 3 aromatic rings. The average Bonchev–Trinajstić information content (AvgIpc) is 2.89. The summed E-state index contributed by atoms with van der Waals surface area (Å²) < 4.78 is 5.88. The molecule has 2 heterocycles. The lowest BCUT2D eigenvalue weighted by atomic mass is 10.2. The number of benzene rings is 1. The van der Waals surface area contributed by atoms with Crippen LogP contribution in [0.5, 0.6) is 0 Å². The molecule has 1 aromatic carbocycles. The van der Waals surface area contributed by atoms with Gasteiger partial charge in [-0.3, -0.25) is 0 Å². The monoisotopic (exact) mass is 330 g/mol. The molecular formula is C14H11BrN4O. The molecule has 100 valence electrons. The van der Waals surface area contributed by atoms with Crippen LogP contribution in [0.2, 0.25) is 0 Å². The van der Waals surface area contributed by atoms with E-state index in [1.54, 1.807) is 13.1 Å². The van der Waals surface area contributed by atoms with Crippen molar-refractivity contribution in [2.24, 2.45) is 0 Å². The Bertz CT molecular complexity index is 724. The standard InChI is InChI=1S/C14H11BrN4O/c1-9-17-13(19-20-9)10-4-6-11(7-5-10)18-14-12(15)3-2-8-16-14/h2-8H,1H3,(H,16,18). The van der Waals surface area contributed by atoms with Gasteiger partial charge in [0.05, 0.1) is 4.47 Å². The van der Waals surface area contributed by atoms with Crippen LogP contribution in [0.3, 0.4) is 0 Å². The summed E-state index contributed by atoms with van der Waals surface area (Å²) >= 11 is 3.45. The molecule has 5 nitrogen and oxygen atoms in total. The summed E-state index contributed by atoms with van der Waals surface area (Å²) in [5.74, 6) is 1.92. The lowest BCUT2D eigenvalue weighted by molar-refractivity contribution is 0.394. The average molecular weight is 331 g/mol. The number of hydrogen-bond acceptors (Lipinski definition) is 5. The third kappa shape index (κ3) is 2.70. The number of hydrogen-bond donors (Lipinski definition) is 1. The van der Waals surface area contributed by atoms with Gasteiger partial charge in [-0.05, 0) is 52.3 Å². The van der Waals surface area contributed by atoms with Crippen molar-refractivity contribution >= 4 is 27.4 Å². The predicted molar refractivity (Wildman–Crippen MR) is 79.7 cm³/mol. The molecule has 0 unspecified atom stereocenters. The Hall–Kier alpha value is -2.21. The molecule has 0 aliphatic carbocycles. The molecule has 3 rings (SSSR count). The molecule has 0 radical (unpaired) electrons. The second-order valence-corrected chi connectivity index (χ2v) is 5.03. The van der Waals surface area contributed by atoms with Gasteiger partial charge in [-0.1, -0.05) is 5.16 Å². The molecule has 0 amide bonds. The van der Waals surface area contributed by atoms with Crippen molar-refractivity contribution in [2.75, 3.05) is 5.32 Å². The van der Waals surface area contributed by atoms with Gasteiger partial charge in [-0.2, -0.15) is 4.98 Å². The first-order valence-electron chi connectivity index (χ1n) is 6.01. The first-order chi connectivity index (χ1) is 9.72. The Morgan fingerprint density at radius 1 is 1.15 bits per heavy atom. The molecule has 0 fully saturated rings. The third-order valence-corrected chi connectivity index (χ3v) is 3.33. The quantitative estimate of drug-likeness (QED) is 0.787. The minimum atomic E-state index is 0.555. The topological polar surface area (TPSA) is 63.8 Å². The second-order valence-electron chi connectivity index (χ2n) is 4.17. The summed E-state index contributed by atoms with van der Waals surface area (Å²) in [6.45, 7) is 1.77. The van der Waals surface area contributed by atoms with Crippen molar-refractivity contribution in [1.82, 2.24) is 15.1 Å². The van der Waals surface area contributed by atoms with E-state index in [0.717, 1.165) is 21.5 Å². The Balaban J connectivity index is 1.82. The van der Waals surface area contributed by atoms with Crippen LogP contribution in [-0.2, 0) is 0 Å². The Morgan fingerprint density at radius 2 is 1.95 bits per heavy atom. The summed E-state index contributed by atoms with van der Waals surface area (Å²) in [5.41, 5.74) is 1.85. The predicted octanol–water partition coefficient (Wildman–Crippen LogP) is 3.95. The van der Waals surface area contributed by atoms with Crippen LogP contribution < -0.4 is 5.32 Å². The van der Waals surface area contributed by atoms with Gasteiger partial charge in [0.15, 0.2) is 0 Å². The zero-order valence-corrected chi connectivity index (χ0v) is 12.3. The molecule has 20 heavy (non-hydrogen) atoms. The number of aryl methyl sites for hydroxylation is 1. The molecule has 0 atom stereocenters. The van der Waals surface area contributed by atoms with Crippen LogP contribution in [-0.4, -0.2) is 15.1 Å². The van der Waals surface area contributed by atoms with E-state index >= 15 is 0 Å². The van der Waals surface area contributed by atoms with Crippen LogP contribution in [0.15, 0.2) is 51.6 Å². The molecule has 0 bridgehead atoms. The Morgan fingerprint density at radius 3 is 2.60 bits per heavy atom. The van der Waals surface area contributed by atoms with E-state index in [2.05, 4.69) is 36.4 Å². The molecule has 6 heteroatoms. The summed E-state index contributed by atoms with van der Waals surface area (Å²) in [7, 11) is 0. The van der Waals surface area contributed by atoms with Crippen LogP contribution in [0, 0.1) is 6.92 Å². The van der Waals surface area contributed by atoms with Gasteiger partial charge in [0, 0.05) is 24.4 Å². The van der Waals surface area contributed by atoms with Gasteiger partial charge in [-0.15, -0.1) is 0 Å². The zero-order chi connectivity index (χ0) is 13.9. The van der Waals surface area contributed by atoms with E-state index < -0.39 is 0 Å². The minimum absolute atomic E-state index is 0.555. The largest absolute Gasteiger partial charge is 0.339 e. The molecule has 2 aromatic heterocycles. The lowest BCUT2D eigenvalue weighted by Crippen LogP contribution is -1.94. The summed E-state index contributed by atoms with van der Waals surface area (Å²) in [6.07, 6.45) is 1.74. The fourth-order valence-corrected chi connectivity index (χ4v) is 2.09. The second kappa shape index (κ2) is 5.42. The van der Waals surface area contributed by atoms with Crippen LogP contribution >= 0.6 is 15.9 Å². The summed E-state index contributed by atoms with van der Waals surface area (Å²) in [5, 5.41) is 7.12. The maximum Gasteiger partial charge on any atom is 0.223 e. The molecule has 0 spiro atoms. The van der Waals surface area contributed by atoms with Gasteiger partial charge in [0.25, 0.3) is 0 Å². The van der Waals surface area contributed by atoms with E-state index in [0.29, 0.717) is 11.7 Å². The normalized spacial score (nSPS) is 10.5. The van der Waals surface area contributed by atoms with E-state index in [1.165, 1.54) is 0 Å². The van der Waals surface area contributed by atoms with Gasteiger partial charge in [0.1, 0.15) is 5.82 Å². The summed E-state index contributed by atoms with van der Waals surface area (Å²) in [4.78, 5) is 8.45. The van der Waals surface area contributed by atoms with E-state index in [9.17, 15) is 0 Å². The van der Waals surface area contributed by atoms with Gasteiger partial charge >= 0.3 is 0 Å². The van der Waals surface area contributed by atoms with Crippen molar-refractivity contribution in [3.63, 3.8) is 0 Å². The highest BCUT2D eigenvalue weighted by Gasteiger charge is 2.06. The highest BCUT2D eigenvalue weighted by Crippen LogP contribution is 2.24. The van der Waals surface area contributed by atoms with Crippen LogP contribution in [0.1, 0.15) is 5.89 Å². The number of rotatable bonds is 3. The van der Waals surface area contributed by atoms with Gasteiger partial charge < -0.3 is 9.84 Å². The number of halogens is 1. The van der Waals surface area contributed by atoms with Crippen molar-refractivity contribution < 1.29 is 4.52 Å². The lowest BCUT2D eigenvalue weighted by Gasteiger charge is -2.07. The van der Waals surface area contributed by atoms with Crippen LogP contribution in [0.4, 0.5) is 11.5 Å². The number of anilines is 2. The van der Waals surface area contributed by atoms with Gasteiger partial charge in [-0.25, -0.2) is 4.98 Å². The molecule has 0 aliphatic rings. The maximum absolute atomic E-state index is 4.97. The van der Waals surface area contributed by atoms with E-state index in [-0.39, 0.29) is 0 Å². The molecular weight excluding hydrogens is 320 g/mol. The van der Waals surface area contributed by atoms with Gasteiger partial charge in [0.2, 0.25) is 11.7 Å². The number of aromatic nitrogens is 3. The number of nitrogens with one attached hydrogen (secondary N) is 1. The van der Waals surface area contributed by atoms with Crippen molar-refractivity contribution in [3.05, 3.63) is 53.0 Å². The highest BCUT2D eigenvalue weighted by molar-refractivity contribution is 9.10. The van der Waals surface area contributed by atoms with Crippen molar-refractivity contribution in [2.45, 2.75) is 6.92 Å². The molecule has 0 saturated heterocycles. The van der Waals surface area contributed by atoms with E-state index in [4.69, 9.17) is 4.52 Å². The zero-order valence-electron chi connectivity index (χ0n) is 10.7. The van der Waals surface area contributed by atoms with Crippen LogP contribution in [0.25, 0.3) is 11.4 Å². The first-order valence-corrected chi connectivity index (χ1v) is 6.80. The Kier molecular flexibility index (Phi) is 3.47. The fraction of sp³-hybridized carbons (Fsp3) is 0.0714. The summed E-state index contributed by atoms with van der Waals surface area (Å²) in [6, 6.07) is 11.6. The van der Waals surface area contributed by atoms with Crippen molar-refractivity contribution in [3.8, 4) is 11.4 Å².